The molecule has 0 spiro atoms. The van der Waals surface area contributed by atoms with Gasteiger partial charge in [0.15, 0.2) is 0 Å². The fraction of sp³-hybridized carbons (Fsp3) is 0.381. The second-order valence-corrected chi connectivity index (χ2v) is 6.85. The molecule has 3 rings (SSSR count). The summed E-state index contributed by atoms with van der Waals surface area (Å²) in [5.41, 5.74) is 5.07. The zero-order valence-electron chi connectivity index (χ0n) is 16.3. The van der Waals surface area contributed by atoms with Crippen LogP contribution in [0.1, 0.15) is 58.5 Å². The maximum Gasteiger partial charge on any atom is 0.290 e. The van der Waals surface area contributed by atoms with Crippen molar-refractivity contribution in [2.75, 3.05) is 0 Å². The highest BCUT2D eigenvalue weighted by Crippen LogP contribution is 2.20. The highest BCUT2D eigenvalue weighted by Gasteiger charge is 2.17. The molecule has 0 radical (unpaired) electrons. The Labute approximate surface area is 159 Å². The molecule has 0 fully saturated rings. The lowest BCUT2D eigenvalue weighted by atomic mass is 9.96. The van der Waals surface area contributed by atoms with Crippen LogP contribution in [0.4, 0.5) is 0 Å². The Balaban J connectivity index is 1.61. The molecule has 1 aromatic carbocycles. The van der Waals surface area contributed by atoms with Crippen LogP contribution in [-0.2, 0) is 19.5 Å². The predicted octanol–water partition coefficient (Wildman–Crippen LogP) is 3.78. The molecule has 0 unspecified atom stereocenters. The largest absolute Gasteiger partial charge is 0.351 e. The molecule has 142 valence electrons. The Kier molecular flexibility index (Phi) is 5.74. The summed E-state index contributed by atoms with van der Waals surface area (Å²) in [6.45, 7) is 9.40. The average Bonchev–Trinajstić information content (AvgIpc) is 3.25. The highest BCUT2D eigenvalue weighted by atomic mass is 16.5. The number of carbonyl (C=O) groups excluding carboxylic acids is 1. The van der Waals surface area contributed by atoms with Crippen LogP contribution in [0.25, 0.3) is 0 Å². The minimum Gasteiger partial charge on any atom is -0.351 e. The number of rotatable bonds is 7. The number of nitrogens with one attached hydrogen (secondary N) is 1. The van der Waals surface area contributed by atoms with Crippen molar-refractivity contribution in [2.24, 2.45) is 0 Å². The van der Waals surface area contributed by atoms with Crippen molar-refractivity contribution in [3.8, 4) is 0 Å². The first-order chi connectivity index (χ1) is 13.0. The second-order valence-electron chi connectivity index (χ2n) is 6.85. The lowest BCUT2D eigenvalue weighted by molar-refractivity contribution is 0.0914. The molecule has 2 heterocycles. The molecule has 0 aliphatic rings. The van der Waals surface area contributed by atoms with E-state index in [2.05, 4.69) is 34.6 Å². The Bertz CT molecular complexity index is 912. The minimum absolute atomic E-state index is 0.239. The molecule has 2 aromatic heterocycles. The SMILES string of the molecule is CCn1nc(C)c(CNC(=O)c2cc(C[C@H](C)c3ccccc3)no2)c1C. The summed E-state index contributed by atoms with van der Waals surface area (Å²) in [6.07, 6.45) is 0.724. The van der Waals surface area contributed by atoms with Crippen LogP contribution in [0, 0.1) is 13.8 Å². The minimum atomic E-state index is -0.260. The lowest BCUT2D eigenvalue weighted by Crippen LogP contribution is -2.23. The van der Waals surface area contributed by atoms with Crippen LogP contribution in [0.3, 0.4) is 0 Å². The van der Waals surface area contributed by atoms with E-state index in [1.54, 1.807) is 6.07 Å². The zero-order chi connectivity index (χ0) is 19.4. The van der Waals surface area contributed by atoms with Gasteiger partial charge in [-0.25, -0.2) is 0 Å². The van der Waals surface area contributed by atoms with E-state index >= 15 is 0 Å². The monoisotopic (exact) mass is 366 g/mol. The van der Waals surface area contributed by atoms with E-state index in [1.807, 2.05) is 43.7 Å². The van der Waals surface area contributed by atoms with Crippen LogP contribution in [0.15, 0.2) is 40.9 Å². The Morgan fingerprint density at radius 3 is 2.67 bits per heavy atom. The van der Waals surface area contributed by atoms with Gasteiger partial charge in [-0.3, -0.25) is 9.48 Å². The molecule has 6 nitrogen and oxygen atoms in total. The van der Waals surface area contributed by atoms with Gasteiger partial charge >= 0.3 is 0 Å². The van der Waals surface area contributed by atoms with E-state index in [1.165, 1.54) is 5.56 Å². The van der Waals surface area contributed by atoms with Crippen molar-refractivity contribution in [1.29, 1.82) is 0 Å². The van der Waals surface area contributed by atoms with Gasteiger partial charge in [0.05, 0.1) is 11.4 Å². The quantitative estimate of drug-likeness (QED) is 0.690. The molecular formula is C21H26N4O2. The number of nitrogens with zero attached hydrogens (tertiary/aromatic N) is 3. The predicted molar refractivity (Wildman–Crippen MR) is 104 cm³/mol. The first-order valence-electron chi connectivity index (χ1n) is 9.31. The molecule has 0 aliphatic carbocycles. The van der Waals surface area contributed by atoms with Gasteiger partial charge in [-0.2, -0.15) is 5.10 Å². The summed E-state index contributed by atoms with van der Waals surface area (Å²) >= 11 is 0. The third-order valence-electron chi connectivity index (χ3n) is 4.92. The highest BCUT2D eigenvalue weighted by molar-refractivity contribution is 5.91. The summed E-state index contributed by atoms with van der Waals surface area (Å²) in [5, 5.41) is 11.4. The van der Waals surface area contributed by atoms with Crippen molar-refractivity contribution in [1.82, 2.24) is 20.3 Å². The van der Waals surface area contributed by atoms with Crippen molar-refractivity contribution < 1.29 is 9.32 Å². The zero-order valence-corrected chi connectivity index (χ0v) is 16.3. The third kappa shape index (κ3) is 4.27. The van der Waals surface area contributed by atoms with Gasteiger partial charge in [0.2, 0.25) is 5.76 Å². The fourth-order valence-electron chi connectivity index (χ4n) is 3.28. The van der Waals surface area contributed by atoms with Gasteiger partial charge in [-0.15, -0.1) is 0 Å². The van der Waals surface area contributed by atoms with E-state index in [4.69, 9.17) is 4.52 Å². The number of amides is 1. The molecule has 0 aliphatic heterocycles. The van der Waals surface area contributed by atoms with Crippen LogP contribution < -0.4 is 5.32 Å². The first kappa shape index (κ1) is 18.9. The molecular weight excluding hydrogens is 340 g/mol. The van der Waals surface area contributed by atoms with Crippen molar-refractivity contribution in [3.63, 3.8) is 0 Å². The summed E-state index contributed by atoms with van der Waals surface area (Å²) in [4.78, 5) is 12.4. The molecule has 1 N–H and O–H groups in total. The van der Waals surface area contributed by atoms with Crippen molar-refractivity contribution in [3.05, 3.63) is 70.4 Å². The van der Waals surface area contributed by atoms with Crippen molar-refractivity contribution in [2.45, 2.75) is 53.1 Å². The van der Waals surface area contributed by atoms with E-state index in [9.17, 15) is 4.79 Å². The Morgan fingerprint density at radius 2 is 2.00 bits per heavy atom. The summed E-state index contributed by atoms with van der Waals surface area (Å²) in [5.74, 6) is 0.282. The van der Waals surface area contributed by atoms with Crippen LogP contribution >= 0.6 is 0 Å². The topological polar surface area (TPSA) is 73.0 Å². The van der Waals surface area contributed by atoms with Crippen LogP contribution in [0.5, 0.6) is 0 Å². The van der Waals surface area contributed by atoms with Gasteiger partial charge < -0.3 is 9.84 Å². The molecule has 27 heavy (non-hydrogen) atoms. The number of benzene rings is 1. The van der Waals surface area contributed by atoms with E-state index in [0.29, 0.717) is 12.5 Å². The standard InChI is InChI=1S/C21H26N4O2/c1-5-25-16(4)19(15(3)23-25)13-22-21(26)20-12-18(24-27-20)11-14(2)17-9-7-6-8-10-17/h6-10,12,14H,5,11,13H2,1-4H3,(H,22,26)/t14-/m0/s1. The molecule has 0 bridgehead atoms. The maximum atomic E-state index is 12.4. The number of carbonyl (C=O) groups is 1. The van der Waals surface area contributed by atoms with Gasteiger partial charge in [0, 0.05) is 30.4 Å². The number of hydrogen-bond acceptors (Lipinski definition) is 4. The molecule has 0 saturated carbocycles. The molecule has 1 amide bonds. The summed E-state index contributed by atoms with van der Waals surface area (Å²) in [6, 6.07) is 12.0. The third-order valence-corrected chi connectivity index (χ3v) is 4.92. The smallest absolute Gasteiger partial charge is 0.290 e. The summed E-state index contributed by atoms with van der Waals surface area (Å²) < 4.78 is 7.19. The van der Waals surface area contributed by atoms with E-state index in [-0.39, 0.29) is 11.7 Å². The molecule has 6 heteroatoms. The van der Waals surface area contributed by atoms with E-state index in [0.717, 1.165) is 35.6 Å². The van der Waals surface area contributed by atoms with Gasteiger partial charge in [-0.1, -0.05) is 42.4 Å². The van der Waals surface area contributed by atoms with Crippen LogP contribution in [-0.4, -0.2) is 20.8 Å². The average molecular weight is 366 g/mol. The van der Waals surface area contributed by atoms with E-state index < -0.39 is 0 Å². The van der Waals surface area contributed by atoms with Gasteiger partial charge in [-0.05, 0) is 38.7 Å². The normalized spacial score (nSPS) is 12.1. The Morgan fingerprint density at radius 1 is 1.26 bits per heavy atom. The van der Waals surface area contributed by atoms with Gasteiger partial charge in [0.25, 0.3) is 5.91 Å². The van der Waals surface area contributed by atoms with Crippen molar-refractivity contribution >= 4 is 5.91 Å². The lowest BCUT2D eigenvalue weighted by Gasteiger charge is -2.08. The summed E-state index contributed by atoms with van der Waals surface area (Å²) in [7, 11) is 0. The first-order valence-corrected chi connectivity index (χ1v) is 9.31. The number of hydrogen-bond donors (Lipinski definition) is 1. The Hall–Kier alpha value is -2.89. The van der Waals surface area contributed by atoms with Gasteiger partial charge in [0.1, 0.15) is 0 Å². The fourth-order valence-corrected chi connectivity index (χ4v) is 3.28. The maximum absolute atomic E-state index is 12.4. The second kappa shape index (κ2) is 8.20. The van der Waals surface area contributed by atoms with Crippen LogP contribution in [0.2, 0.25) is 0 Å². The molecule has 0 saturated heterocycles. The number of aryl methyl sites for hydroxylation is 2. The molecule has 3 aromatic rings. The number of aromatic nitrogens is 3. The molecule has 1 atom stereocenters.